The molecule has 6 heteroatoms. The van der Waals surface area contributed by atoms with Gasteiger partial charge in [0.15, 0.2) is 0 Å². The molecule has 0 aromatic heterocycles. The monoisotopic (exact) mass is 333 g/mol. The highest BCUT2D eigenvalue weighted by atomic mass is 35.5. The van der Waals surface area contributed by atoms with Crippen LogP contribution in [0.1, 0.15) is 18.1 Å². The number of piperazine rings is 1. The molecule has 1 saturated heterocycles. The third-order valence-corrected chi connectivity index (χ3v) is 3.73. The normalized spacial score (nSPS) is 16.6. The summed E-state index contributed by atoms with van der Waals surface area (Å²) < 4.78 is 0. The third kappa shape index (κ3) is 5.47. The van der Waals surface area contributed by atoms with E-state index in [9.17, 15) is 4.79 Å². The first-order chi connectivity index (χ1) is 9.08. The van der Waals surface area contributed by atoms with Crippen LogP contribution < -0.4 is 5.73 Å². The third-order valence-electron chi connectivity index (χ3n) is 3.73. The maximum atomic E-state index is 11.8. The molecule has 4 nitrogen and oxygen atoms in total. The summed E-state index contributed by atoms with van der Waals surface area (Å²) in [5.74, 6) is 0.0653. The second-order valence-electron chi connectivity index (χ2n) is 5.32. The van der Waals surface area contributed by atoms with Gasteiger partial charge in [0.1, 0.15) is 0 Å². The van der Waals surface area contributed by atoms with Crippen LogP contribution in [0, 0.1) is 6.92 Å². The number of carbonyl (C=O) groups excluding carboxylic acids is 1. The molecule has 1 amide bonds. The molecule has 1 aromatic carbocycles. The smallest absolute Gasteiger partial charge is 0.239 e. The highest BCUT2D eigenvalue weighted by molar-refractivity contribution is 5.85. The van der Waals surface area contributed by atoms with E-state index in [1.54, 1.807) is 6.92 Å². The first kappa shape index (κ1) is 20.2. The lowest BCUT2D eigenvalue weighted by Crippen LogP contribution is -2.52. The number of nitrogens with zero attached hydrogens (tertiary/aromatic N) is 2. The van der Waals surface area contributed by atoms with Gasteiger partial charge >= 0.3 is 0 Å². The molecule has 2 N–H and O–H groups in total. The minimum absolute atomic E-state index is 0. The van der Waals surface area contributed by atoms with Crippen molar-refractivity contribution in [2.24, 2.45) is 5.73 Å². The predicted molar refractivity (Wildman–Crippen MR) is 91.2 cm³/mol. The number of hydrogen-bond acceptors (Lipinski definition) is 3. The number of halogens is 2. The Kier molecular flexibility index (Phi) is 8.90. The van der Waals surface area contributed by atoms with E-state index in [1.165, 1.54) is 11.1 Å². The number of nitrogens with two attached hydrogens (primary N) is 1. The van der Waals surface area contributed by atoms with E-state index >= 15 is 0 Å². The van der Waals surface area contributed by atoms with Gasteiger partial charge in [-0.25, -0.2) is 0 Å². The van der Waals surface area contributed by atoms with E-state index in [0.717, 1.165) is 32.7 Å². The van der Waals surface area contributed by atoms with Crippen LogP contribution in [-0.2, 0) is 11.3 Å². The van der Waals surface area contributed by atoms with E-state index < -0.39 is 0 Å². The van der Waals surface area contributed by atoms with E-state index in [4.69, 9.17) is 5.73 Å². The van der Waals surface area contributed by atoms with Crippen LogP contribution in [-0.4, -0.2) is 47.9 Å². The molecule has 1 heterocycles. The van der Waals surface area contributed by atoms with Gasteiger partial charge in [-0.3, -0.25) is 9.69 Å². The summed E-state index contributed by atoms with van der Waals surface area (Å²) in [7, 11) is 0. The Labute approximate surface area is 139 Å². The van der Waals surface area contributed by atoms with Gasteiger partial charge in [0.25, 0.3) is 0 Å². The molecular weight excluding hydrogens is 309 g/mol. The molecular formula is C15H25Cl2N3O. The van der Waals surface area contributed by atoms with Crippen LogP contribution in [0.5, 0.6) is 0 Å². The van der Waals surface area contributed by atoms with Crippen molar-refractivity contribution in [3.63, 3.8) is 0 Å². The van der Waals surface area contributed by atoms with Gasteiger partial charge in [-0.2, -0.15) is 0 Å². The Morgan fingerprint density at radius 2 is 1.76 bits per heavy atom. The molecule has 0 aliphatic carbocycles. The fourth-order valence-electron chi connectivity index (χ4n) is 2.44. The summed E-state index contributed by atoms with van der Waals surface area (Å²) in [6, 6.07) is 8.08. The van der Waals surface area contributed by atoms with Crippen molar-refractivity contribution in [3.8, 4) is 0 Å². The molecule has 1 aromatic rings. The number of rotatable bonds is 3. The number of aryl methyl sites for hydroxylation is 1. The molecule has 2 rings (SSSR count). The number of amides is 1. The average Bonchev–Trinajstić information content (AvgIpc) is 2.41. The van der Waals surface area contributed by atoms with Crippen molar-refractivity contribution in [1.29, 1.82) is 0 Å². The number of benzene rings is 1. The van der Waals surface area contributed by atoms with Gasteiger partial charge < -0.3 is 10.6 Å². The highest BCUT2D eigenvalue weighted by Crippen LogP contribution is 2.12. The minimum atomic E-state index is -0.386. The minimum Gasteiger partial charge on any atom is -0.339 e. The van der Waals surface area contributed by atoms with Gasteiger partial charge in [0.2, 0.25) is 5.91 Å². The van der Waals surface area contributed by atoms with Crippen molar-refractivity contribution in [2.75, 3.05) is 26.2 Å². The van der Waals surface area contributed by atoms with Crippen molar-refractivity contribution in [1.82, 2.24) is 9.80 Å². The van der Waals surface area contributed by atoms with Crippen LogP contribution in [0.25, 0.3) is 0 Å². The fourth-order valence-corrected chi connectivity index (χ4v) is 2.44. The van der Waals surface area contributed by atoms with Crippen molar-refractivity contribution in [2.45, 2.75) is 26.4 Å². The molecule has 0 radical (unpaired) electrons. The molecule has 21 heavy (non-hydrogen) atoms. The van der Waals surface area contributed by atoms with E-state index in [0.29, 0.717) is 0 Å². The van der Waals surface area contributed by atoms with Crippen LogP contribution in [0.4, 0.5) is 0 Å². The van der Waals surface area contributed by atoms with Gasteiger partial charge in [-0.05, 0) is 25.0 Å². The number of carbonyl (C=O) groups is 1. The van der Waals surface area contributed by atoms with Gasteiger partial charge in [-0.1, -0.05) is 24.3 Å². The van der Waals surface area contributed by atoms with Gasteiger partial charge in [-0.15, -0.1) is 24.8 Å². The maximum Gasteiger partial charge on any atom is 0.239 e. The molecule has 1 aliphatic heterocycles. The number of hydrogen-bond donors (Lipinski definition) is 1. The SMILES string of the molecule is Cc1ccccc1CN1CCN(C(=O)[C@@H](C)N)CC1.Cl.Cl. The zero-order valence-corrected chi connectivity index (χ0v) is 14.3. The zero-order valence-electron chi connectivity index (χ0n) is 12.6. The molecule has 0 unspecified atom stereocenters. The van der Waals surface area contributed by atoms with Gasteiger partial charge in [0, 0.05) is 32.7 Å². The first-order valence-electron chi connectivity index (χ1n) is 6.89. The topological polar surface area (TPSA) is 49.6 Å². The van der Waals surface area contributed by atoms with Crippen LogP contribution in [0.2, 0.25) is 0 Å². The first-order valence-corrected chi connectivity index (χ1v) is 6.89. The second-order valence-corrected chi connectivity index (χ2v) is 5.32. The summed E-state index contributed by atoms with van der Waals surface area (Å²) in [6.07, 6.45) is 0. The fraction of sp³-hybridized carbons (Fsp3) is 0.533. The lowest BCUT2D eigenvalue weighted by molar-refractivity contribution is -0.134. The Morgan fingerprint density at radius 3 is 2.29 bits per heavy atom. The van der Waals surface area contributed by atoms with Crippen LogP contribution in [0.15, 0.2) is 24.3 Å². The average molecular weight is 334 g/mol. The Bertz CT molecular complexity index is 446. The summed E-state index contributed by atoms with van der Waals surface area (Å²) in [5, 5.41) is 0. The summed E-state index contributed by atoms with van der Waals surface area (Å²) in [6.45, 7) is 8.28. The Morgan fingerprint density at radius 1 is 1.19 bits per heavy atom. The molecule has 0 saturated carbocycles. The lowest BCUT2D eigenvalue weighted by atomic mass is 10.1. The van der Waals surface area contributed by atoms with E-state index in [-0.39, 0.29) is 36.8 Å². The van der Waals surface area contributed by atoms with Crippen molar-refractivity contribution < 1.29 is 4.79 Å². The van der Waals surface area contributed by atoms with E-state index in [1.807, 2.05) is 4.90 Å². The molecule has 0 spiro atoms. The molecule has 1 fully saturated rings. The van der Waals surface area contributed by atoms with E-state index in [2.05, 4.69) is 36.1 Å². The molecule has 1 atom stereocenters. The Balaban J connectivity index is 0.00000200. The van der Waals surface area contributed by atoms with Crippen molar-refractivity contribution in [3.05, 3.63) is 35.4 Å². The second kappa shape index (κ2) is 9.26. The zero-order chi connectivity index (χ0) is 13.8. The van der Waals surface area contributed by atoms with Gasteiger partial charge in [0.05, 0.1) is 6.04 Å². The molecule has 0 bridgehead atoms. The quantitative estimate of drug-likeness (QED) is 0.918. The summed E-state index contributed by atoms with van der Waals surface area (Å²) >= 11 is 0. The molecule has 1 aliphatic rings. The standard InChI is InChI=1S/C15H23N3O.2ClH/c1-12-5-3-4-6-14(12)11-17-7-9-18(10-8-17)15(19)13(2)16;;/h3-6,13H,7-11,16H2,1-2H3;2*1H/t13-;;/m1../s1. The predicted octanol–water partition coefficient (Wildman–Crippen LogP) is 1.83. The highest BCUT2D eigenvalue weighted by Gasteiger charge is 2.23. The molecule has 120 valence electrons. The largest absolute Gasteiger partial charge is 0.339 e. The van der Waals surface area contributed by atoms with Crippen LogP contribution in [0.3, 0.4) is 0 Å². The summed E-state index contributed by atoms with van der Waals surface area (Å²) in [4.78, 5) is 16.1. The maximum absolute atomic E-state index is 11.8. The van der Waals surface area contributed by atoms with Crippen LogP contribution >= 0.6 is 24.8 Å². The lowest BCUT2D eigenvalue weighted by Gasteiger charge is -2.35. The van der Waals surface area contributed by atoms with Crippen molar-refractivity contribution >= 4 is 30.7 Å². The Hall–Kier alpha value is -0.810. The summed E-state index contributed by atoms with van der Waals surface area (Å²) in [5.41, 5.74) is 8.34.